The number of halogens is 1. The molecule has 0 aromatic heterocycles. The summed E-state index contributed by atoms with van der Waals surface area (Å²) in [5.41, 5.74) is 1.64. The number of hydrogen-bond acceptors (Lipinski definition) is 4. The molecule has 35 heavy (non-hydrogen) atoms. The predicted octanol–water partition coefficient (Wildman–Crippen LogP) is 4.44. The van der Waals surface area contributed by atoms with Gasteiger partial charge in [0.1, 0.15) is 6.04 Å². The van der Waals surface area contributed by atoms with E-state index in [9.17, 15) is 19.2 Å². The van der Waals surface area contributed by atoms with E-state index < -0.39 is 6.04 Å². The second-order valence-electron chi connectivity index (χ2n) is 8.80. The average molecular weight is 498 g/mol. The van der Waals surface area contributed by atoms with Crippen LogP contribution in [-0.4, -0.2) is 52.1 Å². The van der Waals surface area contributed by atoms with Gasteiger partial charge in [-0.1, -0.05) is 49.7 Å². The van der Waals surface area contributed by atoms with Crippen molar-refractivity contribution in [1.82, 2.24) is 15.1 Å². The zero-order chi connectivity index (χ0) is 25.5. The first-order chi connectivity index (χ1) is 16.8. The summed E-state index contributed by atoms with van der Waals surface area (Å²) in [5.74, 6) is -1.07. The van der Waals surface area contributed by atoms with E-state index in [0.29, 0.717) is 29.0 Å². The van der Waals surface area contributed by atoms with E-state index in [2.05, 4.69) is 5.32 Å². The number of nitrogens with zero attached hydrogens (tertiary/aromatic N) is 2. The van der Waals surface area contributed by atoms with Crippen LogP contribution in [-0.2, 0) is 16.1 Å². The average Bonchev–Trinajstić information content (AvgIpc) is 3.09. The van der Waals surface area contributed by atoms with Crippen molar-refractivity contribution in [2.45, 2.75) is 65.1 Å². The first-order valence-electron chi connectivity index (χ1n) is 12.1. The Morgan fingerprint density at radius 2 is 1.57 bits per heavy atom. The monoisotopic (exact) mass is 497 g/mol. The van der Waals surface area contributed by atoms with Crippen molar-refractivity contribution >= 4 is 35.2 Å². The Bertz CT molecular complexity index is 1050. The molecule has 1 heterocycles. The van der Waals surface area contributed by atoms with Crippen LogP contribution in [0.15, 0.2) is 48.5 Å². The Morgan fingerprint density at radius 3 is 2.11 bits per heavy atom. The third kappa shape index (κ3) is 6.28. The van der Waals surface area contributed by atoms with Gasteiger partial charge >= 0.3 is 0 Å². The summed E-state index contributed by atoms with van der Waals surface area (Å²) in [6, 6.07) is 13.3. The van der Waals surface area contributed by atoms with Crippen LogP contribution < -0.4 is 5.32 Å². The zero-order valence-corrected chi connectivity index (χ0v) is 21.2. The first-order valence-corrected chi connectivity index (χ1v) is 12.4. The van der Waals surface area contributed by atoms with E-state index in [4.69, 9.17) is 11.6 Å². The van der Waals surface area contributed by atoms with E-state index in [1.54, 1.807) is 41.3 Å². The zero-order valence-electron chi connectivity index (χ0n) is 20.4. The van der Waals surface area contributed by atoms with E-state index >= 15 is 0 Å². The van der Waals surface area contributed by atoms with Crippen LogP contribution >= 0.6 is 11.6 Å². The maximum absolute atomic E-state index is 13.4. The molecule has 0 saturated carbocycles. The number of rotatable bonds is 11. The highest BCUT2D eigenvalue weighted by Gasteiger charge is 2.35. The van der Waals surface area contributed by atoms with Crippen molar-refractivity contribution < 1.29 is 19.2 Å². The second-order valence-corrected chi connectivity index (χ2v) is 9.24. The number of amides is 4. The van der Waals surface area contributed by atoms with Crippen LogP contribution in [0.1, 0.15) is 72.7 Å². The molecule has 2 aromatic rings. The van der Waals surface area contributed by atoms with Crippen LogP contribution in [0.2, 0.25) is 5.02 Å². The maximum Gasteiger partial charge on any atom is 0.261 e. The molecule has 0 unspecified atom stereocenters. The molecule has 0 aliphatic carbocycles. The number of nitrogens with one attached hydrogen (secondary N) is 1. The largest absolute Gasteiger partial charge is 0.352 e. The Morgan fingerprint density at radius 1 is 0.971 bits per heavy atom. The summed E-state index contributed by atoms with van der Waals surface area (Å²) in [6.45, 7) is 6.19. The van der Waals surface area contributed by atoms with Crippen molar-refractivity contribution in [2.24, 2.45) is 0 Å². The van der Waals surface area contributed by atoms with Crippen molar-refractivity contribution in [1.29, 1.82) is 0 Å². The Balaban J connectivity index is 1.71. The predicted molar refractivity (Wildman–Crippen MR) is 135 cm³/mol. The molecule has 4 amide bonds. The SMILES string of the molecule is CC[C@H](C(=O)N[C@@H](C)CC)N(Cc1ccc(Cl)cc1)C(=O)CCCN1C(=O)c2ccccc2C1=O. The molecular weight excluding hydrogens is 466 g/mol. The summed E-state index contributed by atoms with van der Waals surface area (Å²) >= 11 is 6.01. The van der Waals surface area contributed by atoms with Crippen molar-refractivity contribution in [3.8, 4) is 0 Å². The molecule has 3 rings (SSSR count). The van der Waals surface area contributed by atoms with Gasteiger partial charge in [-0.25, -0.2) is 0 Å². The highest BCUT2D eigenvalue weighted by molar-refractivity contribution is 6.30. The molecule has 1 aliphatic rings. The van der Waals surface area contributed by atoms with Gasteiger partial charge in [0.15, 0.2) is 0 Å². The summed E-state index contributed by atoms with van der Waals surface area (Å²) in [6.07, 6.45) is 1.66. The molecule has 2 aromatic carbocycles. The number of carbonyl (C=O) groups excluding carboxylic acids is 4. The van der Waals surface area contributed by atoms with Gasteiger partial charge in [-0.05, 0) is 56.0 Å². The third-order valence-corrected chi connectivity index (χ3v) is 6.56. The summed E-state index contributed by atoms with van der Waals surface area (Å²) in [5, 5.41) is 3.57. The third-order valence-electron chi connectivity index (χ3n) is 6.30. The molecule has 2 atom stereocenters. The Labute approximate surface area is 211 Å². The van der Waals surface area contributed by atoms with Crippen LogP contribution in [0.3, 0.4) is 0 Å². The fraction of sp³-hybridized carbons (Fsp3) is 0.407. The summed E-state index contributed by atoms with van der Waals surface area (Å²) in [7, 11) is 0. The summed E-state index contributed by atoms with van der Waals surface area (Å²) < 4.78 is 0. The minimum Gasteiger partial charge on any atom is -0.352 e. The van der Waals surface area contributed by atoms with Gasteiger partial charge in [0.05, 0.1) is 11.1 Å². The molecule has 0 saturated heterocycles. The standard InChI is InChI=1S/C27H32ClN3O4/c1-4-18(3)29-25(33)23(5-2)31(17-19-12-14-20(28)15-13-19)24(32)11-8-16-30-26(34)21-9-6-7-10-22(21)27(30)35/h6-7,9-10,12-15,18,23H,4-5,8,11,16-17H2,1-3H3,(H,29,33)/t18-,23+/m0/s1. The Hall–Kier alpha value is -3.19. The molecule has 0 fully saturated rings. The lowest BCUT2D eigenvalue weighted by atomic mass is 10.1. The second kappa shape index (κ2) is 12.0. The molecule has 1 N–H and O–H groups in total. The molecule has 1 aliphatic heterocycles. The van der Waals surface area contributed by atoms with Crippen LogP contribution in [0, 0.1) is 0 Å². The van der Waals surface area contributed by atoms with Crippen molar-refractivity contribution in [3.05, 3.63) is 70.2 Å². The number of hydrogen-bond donors (Lipinski definition) is 1. The normalized spacial score (nSPS) is 14.5. The van der Waals surface area contributed by atoms with E-state index in [1.165, 1.54) is 4.90 Å². The quantitative estimate of drug-likeness (QED) is 0.465. The van der Waals surface area contributed by atoms with Gasteiger partial charge in [0.2, 0.25) is 11.8 Å². The highest BCUT2D eigenvalue weighted by atomic mass is 35.5. The molecule has 8 heteroatoms. The van der Waals surface area contributed by atoms with Crippen molar-refractivity contribution in [3.63, 3.8) is 0 Å². The van der Waals surface area contributed by atoms with Gasteiger partial charge in [0, 0.05) is 30.6 Å². The number of carbonyl (C=O) groups is 4. The molecule has 0 spiro atoms. The molecular formula is C27H32ClN3O4. The number of imide groups is 1. The maximum atomic E-state index is 13.4. The lowest BCUT2D eigenvalue weighted by Crippen LogP contribution is -2.50. The van der Waals surface area contributed by atoms with Crippen molar-refractivity contribution in [2.75, 3.05) is 6.54 Å². The van der Waals surface area contributed by atoms with Crippen LogP contribution in [0.25, 0.3) is 0 Å². The smallest absolute Gasteiger partial charge is 0.261 e. The fourth-order valence-corrected chi connectivity index (χ4v) is 4.25. The van der Waals surface area contributed by atoms with Gasteiger partial charge in [-0.15, -0.1) is 0 Å². The highest BCUT2D eigenvalue weighted by Crippen LogP contribution is 2.23. The van der Waals surface area contributed by atoms with Gasteiger partial charge in [-0.2, -0.15) is 0 Å². The van der Waals surface area contributed by atoms with E-state index in [1.807, 2.05) is 32.9 Å². The Kier molecular flexibility index (Phi) is 9.04. The molecule has 186 valence electrons. The lowest BCUT2D eigenvalue weighted by molar-refractivity contribution is -0.141. The minimum atomic E-state index is -0.633. The van der Waals surface area contributed by atoms with Gasteiger partial charge in [0.25, 0.3) is 11.8 Å². The molecule has 0 radical (unpaired) electrons. The van der Waals surface area contributed by atoms with Gasteiger partial charge in [-0.3, -0.25) is 24.1 Å². The lowest BCUT2D eigenvalue weighted by Gasteiger charge is -2.31. The summed E-state index contributed by atoms with van der Waals surface area (Å²) in [4.78, 5) is 54.4. The number of benzene rings is 2. The van der Waals surface area contributed by atoms with Crippen LogP contribution in [0.4, 0.5) is 0 Å². The van der Waals surface area contributed by atoms with E-state index in [0.717, 1.165) is 12.0 Å². The van der Waals surface area contributed by atoms with Gasteiger partial charge < -0.3 is 10.2 Å². The number of fused-ring (bicyclic) bond motifs is 1. The first kappa shape index (κ1) is 26.4. The van der Waals surface area contributed by atoms with Crippen LogP contribution in [0.5, 0.6) is 0 Å². The molecule has 0 bridgehead atoms. The molecule has 7 nitrogen and oxygen atoms in total. The topological polar surface area (TPSA) is 86.8 Å². The fourth-order valence-electron chi connectivity index (χ4n) is 4.12. The van der Waals surface area contributed by atoms with E-state index in [-0.39, 0.29) is 49.2 Å². The minimum absolute atomic E-state index is 0.00198.